The Balaban J connectivity index is 1.73. The third kappa shape index (κ3) is 3.81. The highest BCUT2D eigenvalue weighted by Gasteiger charge is 2.16. The number of hydrogen-bond acceptors (Lipinski definition) is 3. The van der Waals surface area contributed by atoms with Crippen molar-refractivity contribution in [3.05, 3.63) is 102 Å². The summed E-state index contributed by atoms with van der Waals surface area (Å²) in [7, 11) is 0. The van der Waals surface area contributed by atoms with E-state index in [2.05, 4.69) is 15.3 Å². The average Bonchev–Trinajstić information content (AvgIpc) is 2.76. The van der Waals surface area contributed by atoms with Crippen molar-refractivity contribution in [3.63, 3.8) is 0 Å². The van der Waals surface area contributed by atoms with Gasteiger partial charge in [-0.25, -0.2) is 4.98 Å². The third-order valence-electron chi connectivity index (χ3n) is 4.41. The molecule has 0 radical (unpaired) electrons. The number of nitrogens with zero attached hydrogens (tertiary/aromatic N) is 2. The number of rotatable bonds is 4. The number of anilines is 1. The number of aryl methyl sites for hydroxylation is 1. The van der Waals surface area contributed by atoms with Crippen LogP contribution in [0.3, 0.4) is 0 Å². The Labute approximate surface area is 163 Å². The van der Waals surface area contributed by atoms with Gasteiger partial charge in [0.15, 0.2) is 0 Å². The highest BCUT2D eigenvalue weighted by Crippen LogP contribution is 2.28. The zero-order valence-electron chi connectivity index (χ0n) is 15.5. The Hall–Kier alpha value is -3.79. The second-order valence-electron chi connectivity index (χ2n) is 6.50. The van der Waals surface area contributed by atoms with Crippen LogP contribution in [-0.4, -0.2) is 15.9 Å². The second-order valence-corrected chi connectivity index (χ2v) is 6.50. The number of benzene rings is 3. The van der Waals surface area contributed by atoms with E-state index in [0.29, 0.717) is 5.69 Å². The number of hydrogen-bond donors (Lipinski definition) is 1. The van der Waals surface area contributed by atoms with E-state index >= 15 is 0 Å². The summed E-state index contributed by atoms with van der Waals surface area (Å²) in [6.07, 6.45) is 1.53. The molecular weight excluding hydrogens is 346 g/mol. The molecule has 0 aliphatic heterocycles. The topological polar surface area (TPSA) is 54.9 Å². The molecule has 28 heavy (non-hydrogen) atoms. The van der Waals surface area contributed by atoms with Crippen molar-refractivity contribution in [2.45, 2.75) is 6.92 Å². The van der Waals surface area contributed by atoms with Crippen molar-refractivity contribution >= 4 is 11.6 Å². The van der Waals surface area contributed by atoms with Crippen LogP contribution in [0.1, 0.15) is 16.1 Å². The molecule has 0 fully saturated rings. The summed E-state index contributed by atoms with van der Waals surface area (Å²) < 4.78 is 0. The fraction of sp³-hybridized carbons (Fsp3) is 0.0417. The predicted octanol–water partition coefficient (Wildman–Crippen LogP) is 5.37. The lowest BCUT2D eigenvalue weighted by Gasteiger charge is -2.11. The first-order valence-corrected chi connectivity index (χ1v) is 9.06. The van der Waals surface area contributed by atoms with E-state index in [-0.39, 0.29) is 11.6 Å². The number of carbonyl (C=O) groups excluding carboxylic acids is 1. The Morgan fingerprint density at radius 1 is 0.750 bits per heavy atom. The number of nitrogens with one attached hydrogen (secondary N) is 1. The molecule has 0 bridgehead atoms. The third-order valence-corrected chi connectivity index (χ3v) is 4.41. The maximum atomic E-state index is 12.7. The van der Waals surface area contributed by atoms with E-state index in [0.717, 1.165) is 28.1 Å². The van der Waals surface area contributed by atoms with Crippen LogP contribution in [0, 0.1) is 6.92 Å². The minimum atomic E-state index is -0.284. The van der Waals surface area contributed by atoms with Crippen LogP contribution >= 0.6 is 0 Å². The Kier molecular flexibility index (Phi) is 4.93. The van der Waals surface area contributed by atoms with Gasteiger partial charge in [0.2, 0.25) is 0 Å². The monoisotopic (exact) mass is 365 g/mol. The van der Waals surface area contributed by atoms with Crippen LogP contribution in [-0.2, 0) is 0 Å². The van der Waals surface area contributed by atoms with Crippen LogP contribution in [0.25, 0.3) is 22.5 Å². The molecule has 0 atom stereocenters. The zero-order chi connectivity index (χ0) is 19.3. The number of carbonyl (C=O) groups is 1. The van der Waals surface area contributed by atoms with Gasteiger partial charge in [-0.3, -0.25) is 9.78 Å². The highest BCUT2D eigenvalue weighted by atomic mass is 16.1. The summed E-state index contributed by atoms with van der Waals surface area (Å²) in [4.78, 5) is 22.0. The van der Waals surface area contributed by atoms with Crippen LogP contribution < -0.4 is 5.32 Å². The van der Waals surface area contributed by atoms with Gasteiger partial charge in [0, 0.05) is 16.8 Å². The maximum Gasteiger partial charge on any atom is 0.275 e. The standard InChI is InChI=1S/C24H19N3O/c1-17-12-14-20(15-13-17)26-24(28)21-16-25-22(18-8-4-2-5-9-18)23(27-21)19-10-6-3-7-11-19/h2-16H,1H3,(H,26,28). The minimum absolute atomic E-state index is 0.277. The first kappa shape index (κ1) is 17.6. The smallest absolute Gasteiger partial charge is 0.275 e. The molecule has 1 N–H and O–H groups in total. The maximum absolute atomic E-state index is 12.7. The molecule has 3 aromatic carbocycles. The molecule has 0 saturated carbocycles. The normalized spacial score (nSPS) is 10.5. The van der Waals surface area contributed by atoms with E-state index in [1.54, 1.807) is 0 Å². The van der Waals surface area contributed by atoms with Crippen molar-refractivity contribution in [1.29, 1.82) is 0 Å². The van der Waals surface area contributed by atoms with Gasteiger partial charge in [-0.2, -0.15) is 0 Å². The SMILES string of the molecule is Cc1ccc(NC(=O)c2cnc(-c3ccccc3)c(-c3ccccc3)n2)cc1. The molecule has 136 valence electrons. The summed E-state index contributed by atoms with van der Waals surface area (Å²) in [5.74, 6) is -0.284. The lowest BCUT2D eigenvalue weighted by Crippen LogP contribution is -2.15. The molecule has 4 rings (SSSR count). The molecule has 1 aromatic heterocycles. The van der Waals surface area contributed by atoms with E-state index < -0.39 is 0 Å². The summed E-state index contributed by atoms with van der Waals surface area (Å²) in [6, 6.07) is 27.3. The molecule has 0 aliphatic carbocycles. The van der Waals surface area contributed by atoms with Crippen LogP contribution in [0.15, 0.2) is 91.1 Å². The fourth-order valence-corrected chi connectivity index (χ4v) is 2.94. The molecule has 0 unspecified atom stereocenters. The summed E-state index contributed by atoms with van der Waals surface area (Å²) >= 11 is 0. The molecule has 4 aromatic rings. The molecule has 0 aliphatic rings. The van der Waals surface area contributed by atoms with Gasteiger partial charge >= 0.3 is 0 Å². The largest absolute Gasteiger partial charge is 0.321 e. The van der Waals surface area contributed by atoms with Gasteiger partial charge in [0.1, 0.15) is 5.69 Å². The Bertz CT molecular complexity index is 1090. The summed E-state index contributed by atoms with van der Waals surface area (Å²) in [5.41, 5.74) is 5.45. The molecule has 4 nitrogen and oxygen atoms in total. The first-order chi connectivity index (χ1) is 13.7. The average molecular weight is 365 g/mol. The molecule has 1 amide bonds. The Morgan fingerprint density at radius 3 is 1.93 bits per heavy atom. The van der Waals surface area contributed by atoms with Crippen LogP contribution in [0.2, 0.25) is 0 Å². The van der Waals surface area contributed by atoms with Crippen molar-refractivity contribution in [1.82, 2.24) is 9.97 Å². The van der Waals surface area contributed by atoms with Gasteiger partial charge in [-0.15, -0.1) is 0 Å². The van der Waals surface area contributed by atoms with Crippen molar-refractivity contribution < 1.29 is 4.79 Å². The van der Waals surface area contributed by atoms with E-state index in [9.17, 15) is 4.79 Å². The minimum Gasteiger partial charge on any atom is -0.321 e. The fourth-order valence-electron chi connectivity index (χ4n) is 2.94. The van der Waals surface area contributed by atoms with Gasteiger partial charge in [0.05, 0.1) is 17.6 Å². The highest BCUT2D eigenvalue weighted by molar-refractivity contribution is 6.03. The zero-order valence-corrected chi connectivity index (χ0v) is 15.5. The molecular formula is C24H19N3O. The Morgan fingerprint density at radius 2 is 1.32 bits per heavy atom. The quantitative estimate of drug-likeness (QED) is 0.529. The lowest BCUT2D eigenvalue weighted by atomic mass is 10.0. The van der Waals surface area contributed by atoms with Gasteiger partial charge in [-0.1, -0.05) is 78.4 Å². The van der Waals surface area contributed by atoms with Crippen molar-refractivity contribution in [2.75, 3.05) is 5.32 Å². The molecule has 0 saturated heterocycles. The first-order valence-electron chi connectivity index (χ1n) is 9.06. The van der Waals surface area contributed by atoms with Crippen LogP contribution in [0.4, 0.5) is 5.69 Å². The van der Waals surface area contributed by atoms with Gasteiger partial charge < -0.3 is 5.32 Å². The van der Waals surface area contributed by atoms with Crippen molar-refractivity contribution in [3.8, 4) is 22.5 Å². The number of amides is 1. The molecule has 1 heterocycles. The summed E-state index contributed by atoms with van der Waals surface area (Å²) in [5, 5.41) is 2.88. The van der Waals surface area contributed by atoms with E-state index in [1.807, 2.05) is 91.9 Å². The number of aromatic nitrogens is 2. The molecule has 0 spiro atoms. The van der Waals surface area contributed by atoms with E-state index in [1.165, 1.54) is 6.20 Å². The van der Waals surface area contributed by atoms with Gasteiger partial charge in [-0.05, 0) is 19.1 Å². The molecule has 4 heteroatoms. The second kappa shape index (κ2) is 7.84. The summed E-state index contributed by atoms with van der Waals surface area (Å²) in [6.45, 7) is 2.01. The predicted molar refractivity (Wildman–Crippen MR) is 112 cm³/mol. The van der Waals surface area contributed by atoms with Gasteiger partial charge in [0.25, 0.3) is 5.91 Å². The van der Waals surface area contributed by atoms with E-state index in [4.69, 9.17) is 0 Å². The van der Waals surface area contributed by atoms with Crippen LogP contribution in [0.5, 0.6) is 0 Å². The lowest BCUT2D eigenvalue weighted by molar-refractivity contribution is 0.102. The van der Waals surface area contributed by atoms with Crippen molar-refractivity contribution in [2.24, 2.45) is 0 Å².